The van der Waals surface area contributed by atoms with Gasteiger partial charge in [-0.2, -0.15) is 0 Å². The van der Waals surface area contributed by atoms with Crippen LogP contribution in [-0.2, 0) is 22.4 Å². The Balaban J connectivity index is 1.69. The van der Waals surface area contributed by atoms with Crippen LogP contribution in [0.1, 0.15) is 22.0 Å². The first kappa shape index (κ1) is 12.1. The van der Waals surface area contributed by atoms with Crippen molar-refractivity contribution in [1.29, 1.82) is 0 Å². The summed E-state index contributed by atoms with van der Waals surface area (Å²) < 4.78 is 5.29. The molecule has 2 aliphatic rings. The minimum absolute atomic E-state index is 0.162. The number of ether oxygens (including phenoxy) is 1. The summed E-state index contributed by atoms with van der Waals surface area (Å²) in [5, 5.41) is 1.12. The molecule has 1 aromatic rings. The molecule has 98 valence electrons. The summed E-state index contributed by atoms with van der Waals surface area (Å²) in [5.74, 6) is 0.477. The number of aromatic nitrogens is 1. The molecular weight excluding hydrogens is 248 g/mol. The van der Waals surface area contributed by atoms with Crippen LogP contribution in [0.25, 0.3) is 0 Å². The lowest BCUT2D eigenvalue weighted by atomic mass is 9.90. The Morgan fingerprint density at radius 3 is 3.00 bits per heavy atom. The molecule has 1 aliphatic heterocycles. The van der Waals surface area contributed by atoms with Crippen LogP contribution in [0.3, 0.4) is 0 Å². The lowest BCUT2D eigenvalue weighted by molar-refractivity contribution is -0.140. The van der Waals surface area contributed by atoms with Crippen molar-refractivity contribution >= 4 is 17.2 Å². The Bertz CT molecular complexity index is 452. The molecule has 0 saturated carbocycles. The molecule has 1 fully saturated rings. The maximum Gasteiger partial charge on any atom is 0.226 e. The topological polar surface area (TPSA) is 42.4 Å². The number of aryl methyl sites for hydroxylation is 2. The second-order valence-corrected chi connectivity index (χ2v) is 6.27. The third kappa shape index (κ3) is 2.29. The molecule has 4 nitrogen and oxygen atoms in total. The van der Waals surface area contributed by atoms with Gasteiger partial charge in [0, 0.05) is 23.9 Å². The van der Waals surface area contributed by atoms with Gasteiger partial charge in [-0.25, -0.2) is 4.98 Å². The molecule has 1 unspecified atom stereocenters. The Labute approximate surface area is 111 Å². The summed E-state index contributed by atoms with van der Waals surface area (Å²) in [6.45, 7) is 4.92. The van der Waals surface area contributed by atoms with Gasteiger partial charge in [0.05, 0.1) is 23.9 Å². The van der Waals surface area contributed by atoms with E-state index in [2.05, 4.69) is 4.98 Å². The van der Waals surface area contributed by atoms with E-state index in [1.165, 1.54) is 10.6 Å². The number of hydrogen-bond donors (Lipinski definition) is 0. The molecule has 0 N–H and O–H groups in total. The van der Waals surface area contributed by atoms with Gasteiger partial charge in [-0.3, -0.25) is 4.79 Å². The predicted molar refractivity (Wildman–Crippen MR) is 69.8 cm³/mol. The number of rotatable bonds is 1. The summed E-state index contributed by atoms with van der Waals surface area (Å²) in [5.41, 5.74) is 1.23. The zero-order valence-electron chi connectivity index (χ0n) is 10.6. The molecule has 3 rings (SSSR count). The van der Waals surface area contributed by atoms with Gasteiger partial charge in [-0.15, -0.1) is 11.3 Å². The zero-order valence-corrected chi connectivity index (χ0v) is 11.5. The lowest BCUT2D eigenvalue weighted by Crippen LogP contribution is -2.44. The van der Waals surface area contributed by atoms with E-state index in [0.717, 1.165) is 37.4 Å². The number of thiazole rings is 1. The quantitative estimate of drug-likeness (QED) is 0.772. The van der Waals surface area contributed by atoms with Crippen LogP contribution in [0.2, 0.25) is 0 Å². The van der Waals surface area contributed by atoms with E-state index in [1.807, 2.05) is 11.8 Å². The Kier molecular flexibility index (Phi) is 3.35. The summed E-state index contributed by atoms with van der Waals surface area (Å²) in [7, 11) is 0. The average Bonchev–Trinajstić information content (AvgIpc) is 2.78. The van der Waals surface area contributed by atoms with E-state index in [0.29, 0.717) is 19.1 Å². The number of amides is 1. The Hall–Kier alpha value is -0.940. The number of fused-ring (bicyclic) bond motifs is 1. The van der Waals surface area contributed by atoms with E-state index < -0.39 is 0 Å². The third-order valence-electron chi connectivity index (χ3n) is 3.72. The normalized spacial score (nSPS) is 23.8. The van der Waals surface area contributed by atoms with Crippen LogP contribution >= 0.6 is 11.3 Å². The van der Waals surface area contributed by atoms with E-state index in [4.69, 9.17) is 4.74 Å². The van der Waals surface area contributed by atoms with E-state index >= 15 is 0 Å². The van der Waals surface area contributed by atoms with Crippen molar-refractivity contribution in [3.63, 3.8) is 0 Å². The maximum absolute atomic E-state index is 12.4. The highest BCUT2D eigenvalue weighted by Crippen LogP contribution is 2.30. The van der Waals surface area contributed by atoms with Gasteiger partial charge in [0.1, 0.15) is 0 Å². The zero-order chi connectivity index (χ0) is 12.5. The van der Waals surface area contributed by atoms with Gasteiger partial charge >= 0.3 is 0 Å². The van der Waals surface area contributed by atoms with Crippen LogP contribution in [0.15, 0.2) is 0 Å². The number of morpholine rings is 1. The van der Waals surface area contributed by atoms with Crippen molar-refractivity contribution in [2.45, 2.75) is 26.2 Å². The molecule has 5 heteroatoms. The molecule has 1 aromatic heterocycles. The van der Waals surface area contributed by atoms with Crippen molar-refractivity contribution in [3.8, 4) is 0 Å². The van der Waals surface area contributed by atoms with Crippen molar-refractivity contribution in [2.24, 2.45) is 5.92 Å². The highest BCUT2D eigenvalue weighted by Gasteiger charge is 2.30. The molecule has 1 amide bonds. The summed E-state index contributed by atoms with van der Waals surface area (Å²) in [6.07, 6.45) is 2.80. The van der Waals surface area contributed by atoms with Crippen LogP contribution in [-0.4, -0.2) is 42.1 Å². The molecule has 1 saturated heterocycles. The highest BCUT2D eigenvalue weighted by atomic mass is 32.1. The van der Waals surface area contributed by atoms with Crippen molar-refractivity contribution < 1.29 is 9.53 Å². The number of hydrogen-bond acceptors (Lipinski definition) is 4. The van der Waals surface area contributed by atoms with Crippen LogP contribution in [0.4, 0.5) is 0 Å². The summed E-state index contributed by atoms with van der Waals surface area (Å²) in [4.78, 5) is 20.2. The van der Waals surface area contributed by atoms with E-state index in [1.54, 1.807) is 11.3 Å². The monoisotopic (exact) mass is 266 g/mol. The molecule has 0 aromatic carbocycles. The highest BCUT2D eigenvalue weighted by molar-refractivity contribution is 7.11. The number of carbonyl (C=O) groups excluding carboxylic acids is 1. The van der Waals surface area contributed by atoms with Gasteiger partial charge in [0.25, 0.3) is 0 Å². The fourth-order valence-corrected chi connectivity index (χ4v) is 3.82. The molecule has 1 aliphatic carbocycles. The number of nitrogens with zero attached hydrogens (tertiary/aromatic N) is 2. The minimum Gasteiger partial charge on any atom is -0.378 e. The predicted octanol–water partition coefficient (Wildman–Crippen LogP) is 1.42. The van der Waals surface area contributed by atoms with Crippen molar-refractivity contribution in [2.75, 3.05) is 26.3 Å². The molecular formula is C13H18N2O2S. The fraction of sp³-hybridized carbons (Fsp3) is 0.692. The third-order valence-corrected chi connectivity index (χ3v) is 4.75. The SMILES string of the molecule is Cc1nc2c(s1)CC(C(=O)N1CCOCC1)CC2. The summed E-state index contributed by atoms with van der Waals surface area (Å²) >= 11 is 1.75. The van der Waals surface area contributed by atoms with Crippen molar-refractivity contribution in [1.82, 2.24) is 9.88 Å². The largest absolute Gasteiger partial charge is 0.378 e. The Morgan fingerprint density at radius 1 is 1.44 bits per heavy atom. The first-order valence-corrected chi connectivity index (χ1v) is 7.37. The second kappa shape index (κ2) is 4.97. The van der Waals surface area contributed by atoms with Gasteiger partial charge in [0.2, 0.25) is 5.91 Å². The number of carbonyl (C=O) groups is 1. The van der Waals surface area contributed by atoms with E-state index in [9.17, 15) is 4.79 Å². The van der Waals surface area contributed by atoms with Crippen LogP contribution in [0, 0.1) is 12.8 Å². The minimum atomic E-state index is 0.162. The fourth-order valence-electron chi connectivity index (χ4n) is 2.76. The maximum atomic E-state index is 12.4. The lowest BCUT2D eigenvalue weighted by Gasteiger charge is -2.31. The van der Waals surface area contributed by atoms with Gasteiger partial charge < -0.3 is 9.64 Å². The van der Waals surface area contributed by atoms with Gasteiger partial charge in [-0.1, -0.05) is 0 Å². The smallest absolute Gasteiger partial charge is 0.226 e. The van der Waals surface area contributed by atoms with Crippen LogP contribution in [0.5, 0.6) is 0 Å². The first-order valence-electron chi connectivity index (χ1n) is 6.56. The molecule has 1 atom stereocenters. The average molecular weight is 266 g/mol. The summed E-state index contributed by atoms with van der Waals surface area (Å²) in [6, 6.07) is 0. The molecule has 0 spiro atoms. The molecule has 0 radical (unpaired) electrons. The Morgan fingerprint density at radius 2 is 2.22 bits per heavy atom. The molecule has 18 heavy (non-hydrogen) atoms. The van der Waals surface area contributed by atoms with Crippen LogP contribution < -0.4 is 0 Å². The van der Waals surface area contributed by atoms with E-state index in [-0.39, 0.29) is 5.92 Å². The first-order chi connectivity index (χ1) is 8.74. The van der Waals surface area contributed by atoms with Gasteiger partial charge in [0.15, 0.2) is 0 Å². The van der Waals surface area contributed by atoms with Gasteiger partial charge in [-0.05, 0) is 26.2 Å². The second-order valence-electron chi connectivity index (χ2n) is 4.98. The van der Waals surface area contributed by atoms with Crippen molar-refractivity contribution in [3.05, 3.63) is 15.6 Å². The molecule has 2 heterocycles. The standard InChI is InChI=1S/C13H18N2O2S/c1-9-14-11-3-2-10(8-12(11)18-9)13(16)15-4-6-17-7-5-15/h10H,2-8H2,1H3. The molecule has 0 bridgehead atoms.